The summed E-state index contributed by atoms with van der Waals surface area (Å²) in [7, 11) is 0. The molecule has 1 aromatic heterocycles. The fraction of sp³-hybridized carbons (Fsp3) is 0.391. The zero-order valence-corrected chi connectivity index (χ0v) is 18.0. The van der Waals surface area contributed by atoms with Crippen LogP contribution in [0.1, 0.15) is 36.8 Å². The highest BCUT2D eigenvalue weighted by atomic mass is 16.5. The van der Waals surface area contributed by atoms with E-state index in [9.17, 15) is 14.4 Å². The van der Waals surface area contributed by atoms with E-state index in [4.69, 9.17) is 10.5 Å². The molecule has 3 amide bonds. The van der Waals surface area contributed by atoms with Crippen LogP contribution in [0, 0.1) is 0 Å². The minimum Gasteiger partial charge on any atom is -0.445 e. The van der Waals surface area contributed by atoms with Crippen LogP contribution in [0.4, 0.5) is 10.6 Å². The smallest absolute Gasteiger partial charge is 0.408 e. The van der Waals surface area contributed by atoms with Gasteiger partial charge in [-0.3, -0.25) is 9.59 Å². The Morgan fingerprint density at radius 1 is 1.06 bits per heavy atom. The number of pyridine rings is 1. The van der Waals surface area contributed by atoms with Crippen molar-refractivity contribution in [3.05, 3.63) is 59.8 Å². The van der Waals surface area contributed by atoms with E-state index < -0.39 is 23.9 Å². The molecule has 2 aromatic rings. The Labute approximate surface area is 187 Å². The van der Waals surface area contributed by atoms with Crippen LogP contribution in [0.25, 0.3) is 0 Å². The molecule has 1 fully saturated rings. The van der Waals surface area contributed by atoms with E-state index in [1.165, 1.54) is 6.42 Å². The number of piperidine rings is 1. The first-order chi connectivity index (χ1) is 15.5. The molecule has 1 aromatic carbocycles. The number of carbonyl (C=O) groups excluding carboxylic acids is 3. The summed E-state index contributed by atoms with van der Waals surface area (Å²) >= 11 is 0. The summed E-state index contributed by atoms with van der Waals surface area (Å²) in [5.41, 5.74) is 6.95. The van der Waals surface area contributed by atoms with Crippen molar-refractivity contribution in [2.24, 2.45) is 5.73 Å². The molecule has 3 rings (SSSR count). The third-order valence-electron chi connectivity index (χ3n) is 5.20. The molecule has 32 heavy (non-hydrogen) atoms. The number of nitrogens with zero attached hydrogens (tertiary/aromatic N) is 2. The van der Waals surface area contributed by atoms with E-state index in [1.54, 1.807) is 6.20 Å². The van der Waals surface area contributed by atoms with Crippen molar-refractivity contribution in [1.29, 1.82) is 0 Å². The Morgan fingerprint density at radius 3 is 2.53 bits per heavy atom. The summed E-state index contributed by atoms with van der Waals surface area (Å²) in [6.07, 6.45) is 4.02. The molecule has 9 nitrogen and oxygen atoms in total. The van der Waals surface area contributed by atoms with Crippen molar-refractivity contribution in [2.45, 2.75) is 44.9 Å². The second-order valence-electron chi connectivity index (χ2n) is 7.68. The fourth-order valence-electron chi connectivity index (χ4n) is 3.58. The van der Waals surface area contributed by atoms with Gasteiger partial charge in [-0.1, -0.05) is 36.4 Å². The number of aromatic nitrogens is 1. The topological polar surface area (TPSA) is 127 Å². The normalized spacial score (nSPS) is 14.3. The molecule has 9 heteroatoms. The summed E-state index contributed by atoms with van der Waals surface area (Å²) in [4.78, 5) is 43.0. The van der Waals surface area contributed by atoms with Crippen LogP contribution in [0.15, 0.2) is 48.7 Å². The number of nitrogens with one attached hydrogen (secondary N) is 2. The molecule has 0 radical (unpaired) electrons. The van der Waals surface area contributed by atoms with Crippen LogP contribution < -0.4 is 21.3 Å². The Kier molecular flexibility index (Phi) is 8.42. The zero-order chi connectivity index (χ0) is 22.8. The number of alkyl carbamates (subject to hydrolysis) is 1. The van der Waals surface area contributed by atoms with E-state index in [0.717, 1.165) is 42.9 Å². The van der Waals surface area contributed by atoms with Gasteiger partial charge >= 0.3 is 6.09 Å². The van der Waals surface area contributed by atoms with Crippen molar-refractivity contribution in [3.8, 4) is 0 Å². The molecule has 0 unspecified atom stereocenters. The quantitative estimate of drug-likeness (QED) is 0.547. The van der Waals surface area contributed by atoms with Crippen molar-refractivity contribution in [1.82, 2.24) is 15.6 Å². The number of anilines is 1. The maximum atomic E-state index is 12.7. The van der Waals surface area contributed by atoms with Crippen LogP contribution in [-0.2, 0) is 27.5 Å². The molecule has 170 valence electrons. The first kappa shape index (κ1) is 23.1. The second kappa shape index (κ2) is 11.7. The minimum absolute atomic E-state index is 0.0481. The van der Waals surface area contributed by atoms with Crippen LogP contribution in [0.2, 0.25) is 0 Å². The Balaban J connectivity index is 1.57. The van der Waals surface area contributed by atoms with Gasteiger partial charge in [-0.25, -0.2) is 9.78 Å². The van der Waals surface area contributed by atoms with Crippen LogP contribution in [0.5, 0.6) is 0 Å². The molecule has 4 N–H and O–H groups in total. The van der Waals surface area contributed by atoms with Gasteiger partial charge in [0.1, 0.15) is 18.5 Å². The van der Waals surface area contributed by atoms with Gasteiger partial charge in [0, 0.05) is 31.4 Å². The highest BCUT2D eigenvalue weighted by molar-refractivity contribution is 5.90. The van der Waals surface area contributed by atoms with Gasteiger partial charge in [0.15, 0.2) is 0 Å². The average molecular weight is 440 g/mol. The average Bonchev–Trinajstić information content (AvgIpc) is 2.82. The molecule has 2 heterocycles. The number of rotatable bonds is 9. The number of nitrogens with two attached hydrogens (primary N) is 1. The predicted octanol–water partition coefficient (Wildman–Crippen LogP) is 1.86. The molecule has 0 spiro atoms. The molecule has 1 atom stereocenters. The maximum absolute atomic E-state index is 12.7. The van der Waals surface area contributed by atoms with Crippen LogP contribution in [-0.4, -0.2) is 42.0 Å². The fourth-order valence-corrected chi connectivity index (χ4v) is 3.58. The van der Waals surface area contributed by atoms with E-state index in [1.807, 2.05) is 42.5 Å². The van der Waals surface area contributed by atoms with Crippen molar-refractivity contribution >= 4 is 23.7 Å². The number of primary amides is 1. The van der Waals surface area contributed by atoms with Crippen LogP contribution in [0.3, 0.4) is 0 Å². The number of carbonyl (C=O) groups is 3. The highest BCUT2D eigenvalue weighted by Gasteiger charge is 2.24. The highest BCUT2D eigenvalue weighted by Crippen LogP contribution is 2.21. The molecule has 0 saturated carbocycles. The van der Waals surface area contributed by atoms with E-state index in [-0.39, 0.29) is 19.6 Å². The monoisotopic (exact) mass is 439 g/mol. The first-order valence-electron chi connectivity index (χ1n) is 10.7. The van der Waals surface area contributed by atoms with Gasteiger partial charge in [-0.15, -0.1) is 0 Å². The van der Waals surface area contributed by atoms with E-state index in [0.29, 0.717) is 0 Å². The lowest BCUT2D eigenvalue weighted by Gasteiger charge is -2.29. The van der Waals surface area contributed by atoms with E-state index >= 15 is 0 Å². The molecule has 0 aliphatic carbocycles. The number of hydrogen-bond donors (Lipinski definition) is 3. The molecule has 1 aliphatic rings. The van der Waals surface area contributed by atoms with Gasteiger partial charge < -0.3 is 26.0 Å². The minimum atomic E-state index is -1.13. The van der Waals surface area contributed by atoms with Crippen molar-refractivity contribution in [2.75, 3.05) is 18.0 Å². The summed E-state index contributed by atoms with van der Waals surface area (Å²) < 4.78 is 5.15. The molecule has 1 saturated heterocycles. The van der Waals surface area contributed by atoms with Crippen molar-refractivity contribution < 1.29 is 19.1 Å². The molecule has 1 aliphatic heterocycles. The number of benzene rings is 1. The summed E-state index contributed by atoms with van der Waals surface area (Å²) in [5, 5.41) is 5.21. The molecular formula is C23H29N5O4. The standard InChI is InChI=1S/C23H29N5O4/c24-20(29)14-19(27-23(31)32-16-17-8-3-1-4-9-17)22(30)26-15-18-10-7-11-25-21(18)28-12-5-2-6-13-28/h1,3-4,7-11,19H,2,5-6,12-16H2,(H2,24,29)(H,26,30)(H,27,31)/t19-/m0/s1. The Morgan fingerprint density at radius 2 is 1.81 bits per heavy atom. The lowest BCUT2D eigenvalue weighted by Crippen LogP contribution is -2.48. The van der Waals surface area contributed by atoms with Crippen LogP contribution >= 0.6 is 0 Å². The number of hydrogen-bond acceptors (Lipinski definition) is 6. The lowest BCUT2D eigenvalue weighted by molar-refractivity contribution is -0.127. The summed E-state index contributed by atoms with van der Waals surface area (Å²) in [5.74, 6) is -0.382. The number of amides is 3. The SMILES string of the molecule is NC(=O)C[C@H](NC(=O)OCc1ccccc1)C(=O)NCc1cccnc1N1CCCCC1. The predicted molar refractivity (Wildman–Crippen MR) is 120 cm³/mol. The first-order valence-corrected chi connectivity index (χ1v) is 10.7. The van der Waals surface area contributed by atoms with E-state index in [2.05, 4.69) is 20.5 Å². The van der Waals surface area contributed by atoms with Gasteiger partial charge in [0.05, 0.1) is 6.42 Å². The Bertz CT molecular complexity index is 916. The third-order valence-corrected chi connectivity index (χ3v) is 5.20. The second-order valence-corrected chi connectivity index (χ2v) is 7.68. The zero-order valence-electron chi connectivity index (χ0n) is 18.0. The molecular weight excluding hydrogens is 410 g/mol. The third kappa shape index (κ3) is 6.97. The number of ether oxygens (including phenoxy) is 1. The van der Waals surface area contributed by atoms with Gasteiger partial charge in [-0.05, 0) is 30.9 Å². The van der Waals surface area contributed by atoms with Gasteiger partial charge in [0.25, 0.3) is 0 Å². The summed E-state index contributed by atoms with van der Waals surface area (Å²) in [6, 6.07) is 11.7. The molecule has 0 bridgehead atoms. The lowest BCUT2D eigenvalue weighted by atomic mass is 10.1. The Hall–Kier alpha value is -3.62. The summed E-state index contributed by atoms with van der Waals surface area (Å²) in [6.45, 7) is 2.12. The van der Waals surface area contributed by atoms with Gasteiger partial charge in [-0.2, -0.15) is 0 Å². The maximum Gasteiger partial charge on any atom is 0.408 e. The van der Waals surface area contributed by atoms with Gasteiger partial charge in [0.2, 0.25) is 11.8 Å². The largest absolute Gasteiger partial charge is 0.445 e. The van der Waals surface area contributed by atoms with Crippen molar-refractivity contribution in [3.63, 3.8) is 0 Å².